The fourth-order valence-corrected chi connectivity index (χ4v) is 4.54. The molecular weight excluding hydrogens is 428 g/mol. The summed E-state index contributed by atoms with van der Waals surface area (Å²) in [4.78, 5) is 20.5. The first-order chi connectivity index (χ1) is 15.8. The van der Waals surface area contributed by atoms with E-state index in [0.717, 1.165) is 48.2 Å². The van der Waals surface area contributed by atoms with Crippen LogP contribution in [-0.4, -0.2) is 46.1 Å². The molecule has 0 aliphatic heterocycles. The van der Waals surface area contributed by atoms with Crippen molar-refractivity contribution in [1.82, 2.24) is 20.1 Å². The predicted molar refractivity (Wildman–Crippen MR) is 143 cm³/mol. The van der Waals surface area contributed by atoms with Gasteiger partial charge in [-0.15, -0.1) is 0 Å². The summed E-state index contributed by atoms with van der Waals surface area (Å²) in [5, 5.41) is 5.20. The second kappa shape index (κ2) is 11.4. The Bertz CT molecular complexity index is 1140. The average molecular weight is 465 g/mol. The number of fused-ring (bicyclic) bond motifs is 1. The van der Waals surface area contributed by atoms with Gasteiger partial charge >= 0.3 is 0 Å². The third kappa shape index (κ3) is 6.42. The molecule has 0 aliphatic rings. The number of aromatic amines is 1. The molecule has 1 atom stereocenters. The SMILES string of the molecule is CCN(CC)CCN(Cc1cc2cc(C)cc(C)c2[nH]c1=O)C(=S)N[C@H](C)c1ccccc1. The first-order valence-corrected chi connectivity index (χ1v) is 12.2. The first kappa shape index (κ1) is 24.9. The van der Waals surface area contributed by atoms with Crippen LogP contribution in [0, 0.1) is 13.8 Å². The molecule has 0 unspecified atom stereocenters. The molecule has 0 fully saturated rings. The number of thiocarbonyl (C=S) groups is 1. The second-order valence-corrected chi connectivity index (χ2v) is 9.09. The molecule has 1 heterocycles. The zero-order chi connectivity index (χ0) is 24.0. The zero-order valence-corrected chi connectivity index (χ0v) is 21.3. The molecular formula is C27H36N4OS. The Hall–Kier alpha value is -2.70. The molecule has 176 valence electrons. The molecule has 0 saturated heterocycles. The van der Waals surface area contributed by atoms with Gasteiger partial charge in [0.1, 0.15) is 0 Å². The van der Waals surface area contributed by atoms with Crippen molar-refractivity contribution in [2.75, 3.05) is 26.2 Å². The Morgan fingerprint density at radius 1 is 1.06 bits per heavy atom. The summed E-state index contributed by atoms with van der Waals surface area (Å²) in [7, 11) is 0. The molecule has 0 amide bonds. The fourth-order valence-electron chi connectivity index (χ4n) is 4.21. The number of nitrogens with zero attached hydrogens (tertiary/aromatic N) is 2. The standard InChI is InChI=1S/C27H36N4OS/c1-6-30(7-2)13-14-31(27(33)28-21(5)22-11-9-8-10-12-22)18-24-17-23-16-19(3)15-20(4)25(23)29-26(24)32/h8-12,15-17,21H,6-7,13-14,18H2,1-5H3,(H,28,33)(H,29,32)/t21-/m1/s1. The van der Waals surface area contributed by atoms with E-state index in [1.165, 1.54) is 11.1 Å². The van der Waals surface area contributed by atoms with Gasteiger partial charge < -0.3 is 20.1 Å². The zero-order valence-electron chi connectivity index (χ0n) is 20.4. The molecule has 0 saturated carbocycles. The van der Waals surface area contributed by atoms with Crippen LogP contribution in [-0.2, 0) is 6.54 Å². The van der Waals surface area contributed by atoms with E-state index in [1.54, 1.807) is 0 Å². The molecule has 0 bridgehead atoms. The van der Waals surface area contributed by atoms with E-state index >= 15 is 0 Å². The van der Waals surface area contributed by atoms with E-state index in [4.69, 9.17) is 12.2 Å². The number of benzene rings is 2. The number of nitrogens with one attached hydrogen (secondary N) is 2. The number of hydrogen-bond acceptors (Lipinski definition) is 3. The summed E-state index contributed by atoms with van der Waals surface area (Å²) in [5.41, 5.74) is 5.02. The Balaban J connectivity index is 1.86. The number of pyridine rings is 1. The molecule has 0 aliphatic carbocycles. The molecule has 0 radical (unpaired) electrons. The highest BCUT2D eigenvalue weighted by molar-refractivity contribution is 7.80. The van der Waals surface area contributed by atoms with Gasteiger partial charge in [-0.3, -0.25) is 4.79 Å². The Morgan fingerprint density at radius 3 is 2.42 bits per heavy atom. The highest BCUT2D eigenvalue weighted by atomic mass is 32.1. The third-order valence-corrected chi connectivity index (χ3v) is 6.61. The number of aryl methyl sites for hydroxylation is 2. The molecule has 2 N–H and O–H groups in total. The quantitative estimate of drug-likeness (QED) is 0.440. The van der Waals surface area contributed by atoms with Crippen LogP contribution in [0.3, 0.4) is 0 Å². The molecule has 33 heavy (non-hydrogen) atoms. The van der Waals surface area contributed by atoms with E-state index in [2.05, 4.69) is 72.1 Å². The lowest BCUT2D eigenvalue weighted by atomic mass is 10.1. The van der Waals surface area contributed by atoms with Crippen molar-refractivity contribution in [2.24, 2.45) is 0 Å². The topological polar surface area (TPSA) is 51.4 Å². The summed E-state index contributed by atoms with van der Waals surface area (Å²) in [6.45, 7) is 14.6. The van der Waals surface area contributed by atoms with Crippen LogP contribution in [0.15, 0.2) is 53.3 Å². The number of rotatable bonds is 9. The average Bonchev–Trinajstić information content (AvgIpc) is 2.80. The van der Waals surface area contributed by atoms with Gasteiger partial charge in [0.25, 0.3) is 5.56 Å². The lowest BCUT2D eigenvalue weighted by Crippen LogP contribution is -2.44. The van der Waals surface area contributed by atoms with Crippen LogP contribution in [0.2, 0.25) is 0 Å². The predicted octanol–water partition coefficient (Wildman–Crippen LogP) is 4.92. The fraction of sp³-hybridized carbons (Fsp3) is 0.407. The van der Waals surface area contributed by atoms with Crippen LogP contribution < -0.4 is 10.9 Å². The van der Waals surface area contributed by atoms with Crippen LogP contribution >= 0.6 is 12.2 Å². The van der Waals surface area contributed by atoms with Crippen molar-refractivity contribution < 1.29 is 0 Å². The van der Waals surface area contributed by atoms with Crippen molar-refractivity contribution in [3.05, 3.63) is 81.1 Å². The van der Waals surface area contributed by atoms with Gasteiger partial charge in [-0.1, -0.05) is 55.8 Å². The lowest BCUT2D eigenvalue weighted by Gasteiger charge is -2.30. The summed E-state index contributed by atoms with van der Waals surface area (Å²) < 4.78 is 0. The van der Waals surface area contributed by atoms with Crippen molar-refractivity contribution >= 4 is 28.2 Å². The molecule has 2 aromatic carbocycles. The van der Waals surface area contributed by atoms with Gasteiger partial charge in [-0.25, -0.2) is 0 Å². The maximum Gasteiger partial charge on any atom is 0.253 e. The third-order valence-electron chi connectivity index (χ3n) is 6.24. The molecule has 3 aromatic rings. The minimum absolute atomic E-state index is 0.0544. The first-order valence-electron chi connectivity index (χ1n) is 11.8. The largest absolute Gasteiger partial charge is 0.356 e. The molecule has 1 aromatic heterocycles. The van der Waals surface area contributed by atoms with Crippen LogP contribution in [0.5, 0.6) is 0 Å². The normalized spacial score (nSPS) is 12.2. The number of aromatic nitrogens is 1. The van der Waals surface area contributed by atoms with Gasteiger partial charge in [0, 0.05) is 18.7 Å². The van der Waals surface area contributed by atoms with E-state index in [-0.39, 0.29) is 11.6 Å². The van der Waals surface area contributed by atoms with Crippen molar-refractivity contribution in [2.45, 2.75) is 47.2 Å². The number of H-pyrrole nitrogens is 1. The van der Waals surface area contributed by atoms with E-state index in [0.29, 0.717) is 11.7 Å². The van der Waals surface area contributed by atoms with Crippen molar-refractivity contribution in [3.8, 4) is 0 Å². The Morgan fingerprint density at radius 2 is 1.76 bits per heavy atom. The summed E-state index contributed by atoms with van der Waals surface area (Å²) in [6.07, 6.45) is 0. The monoisotopic (exact) mass is 464 g/mol. The Kier molecular flexibility index (Phi) is 8.64. The van der Waals surface area contributed by atoms with E-state index in [9.17, 15) is 4.79 Å². The lowest BCUT2D eigenvalue weighted by molar-refractivity contribution is 0.262. The number of hydrogen-bond donors (Lipinski definition) is 2. The minimum Gasteiger partial charge on any atom is -0.356 e. The highest BCUT2D eigenvalue weighted by Crippen LogP contribution is 2.19. The van der Waals surface area contributed by atoms with Gasteiger partial charge in [0.2, 0.25) is 0 Å². The maximum absolute atomic E-state index is 13.0. The van der Waals surface area contributed by atoms with Crippen LogP contribution in [0.1, 0.15) is 49.1 Å². The molecule has 5 nitrogen and oxygen atoms in total. The number of likely N-dealkylation sites (N-methyl/N-ethyl adjacent to an activating group) is 1. The van der Waals surface area contributed by atoms with Gasteiger partial charge in [-0.05, 0) is 74.7 Å². The second-order valence-electron chi connectivity index (χ2n) is 8.70. The van der Waals surface area contributed by atoms with E-state index < -0.39 is 0 Å². The van der Waals surface area contributed by atoms with E-state index in [1.807, 2.05) is 31.2 Å². The highest BCUT2D eigenvalue weighted by Gasteiger charge is 2.17. The summed E-state index contributed by atoms with van der Waals surface area (Å²) >= 11 is 5.84. The summed E-state index contributed by atoms with van der Waals surface area (Å²) in [6, 6.07) is 16.6. The van der Waals surface area contributed by atoms with Crippen molar-refractivity contribution in [3.63, 3.8) is 0 Å². The Labute approximate surface area is 202 Å². The molecule has 6 heteroatoms. The van der Waals surface area contributed by atoms with Crippen LogP contribution in [0.25, 0.3) is 10.9 Å². The van der Waals surface area contributed by atoms with Crippen molar-refractivity contribution in [1.29, 1.82) is 0 Å². The molecule has 0 spiro atoms. The minimum atomic E-state index is -0.0544. The van der Waals surface area contributed by atoms with Gasteiger partial charge in [-0.2, -0.15) is 0 Å². The van der Waals surface area contributed by atoms with Crippen LogP contribution in [0.4, 0.5) is 0 Å². The maximum atomic E-state index is 13.0. The van der Waals surface area contributed by atoms with Gasteiger partial charge in [0.05, 0.1) is 18.1 Å². The molecule has 3 rings (SSSR count). The smallest absolute Gasteiger partial charge is 0.253 e. The van der Waals surface area contributed by atoms with Gasteiger partial charge in [0.15, 0.2) is 5.11 Å². The summed E-state index contributed by atoms with van der Waals surface area (Å²) in [5.74, 6) is 0.